The lowest BCUT2D eigenvalue weighted by Crippen LogP contribution is -2.39. The van der Waals surface area contributed by atoms with Crippen molar-refractivity contribution in [1.29, 1.82) is 0 Å². The molecule has 0 saturated heterocycles. The second kappa shape index (κ2) is 5.82. The number of rotatable bonds is 5. The highest BCUT2D eigenvalue weighted by Gasteiger charge is 2.53. The zero-order chi connectivity index (χ0) is 14.6. The lowest BCUT2D eigenvalue weighted by Gasteiger charge is -2.23. The van der Waals surface area contributed by atoms with E-state index in [1.54, 1.807) is 6.92 Å². The summed E-state index contributed by atoms with van der Waals surface area (Å²) in [6.45, 7) is 5.36. The zero-order valence-corrected chi connectivity index (χ0v) is 11.4. The molecule has 0 aromatic heterocycles. The maximum atomic E-state index is 12.0. The summed E-state index contributed by atoms with van der Waals surface area (Å²) in [4.78, 5) is 35.8. The van der Waals surface area contributed by atoms with Gasteiger partial charge in [0.2, 0.25) is 0 Å². The summed E-state index contributed by atoms with van der Waals surface area (Å²) in [7, 11) is 2.42. The van der Waals surface area contributed by atoms with E-state index in [9.17, 15) is 14.4 Å². The summed E-state index contributed by atoms with van der Waals surface area (Å²) in [5, 5.41) is 0. The number of carbonyl (C=O) groups is 3. The minimum atomic E-state index is -1.45. The monoisotopic (exact) mass is 266 g/mol. The largest absolute Gasteiger partial charge is 0.468 e. The van der Waals surface area contributed by atoms with Gasteiger partial charge in [0.15, 0.2) is 11.2 Å². The SMILES string of the molecule is C=CC1=C(C(=O)CC)CC(C(=O)OC)(C(=O)OC)C1. The highest BCUT2D eigenvalue weighted by atomic mass is 16.5. The van der Waals surface area contributed by atoms with Gasteiger partial charge >= 0.3 is 11.9 Å². The first kappa shape index (κ1) is 15.1. The van der Waals surface area contributed by atoms with E-state index < -0.39 is 17.4 Å². The molecule has 19 heavy (non-hydrogen) atoms. The number of Topliss-reactive ketones (excluding diaryl/α,β-unsaturated/α-hetero) is 1. The van der Waals surface area contributed by atoms with Crippen LogP contribution in [0.25, 0.3) is 0 Å². The van der Waals surface area contributed by atoms with Crippen LogP contribution in [-0.4, -0.2) is 31.9 Å². The predicted octanol–water partition coefficient (Wildman–Crippen LogP) is 1.57. The normalized spacial score (nSPS) is 17.0. The number of allylic oxidation sites excluding steroid dienone is 3. The van der Waals surface area contributed by atoms with Gasteiger partial charge in [-0.15, -0.1) is 0 Å². The molecule has 0 aromatic rings. The third kappa shape index (κ3) is 2.45. The average molecular weight is 266 g/mol. The minimum Gasteiger partial charge on any atom is -0.468 e. The van der Waals surface area contributed by atoms with Crippen LogP contribution in [0.1, 0.15) is 26.2 Å². The Balaban J connectivity index is 3.23. The Kier molecular flexibility index (Phi) is 4.64. The minimum absolute atomic E-state index is 0.0143. The van der Waals surface area contributed by atoms with Gasteiger partial charge in [-0.25, -0.2) is 0 Å². The first-order chi connectivity index (χ1) is 8.96. The van der Waals surface area contributed by atoms with Crippen molar-refractivity contribution in [3.63, 3.8) is 0 Å². The summed E-state index contributed by atoms with van der Waals surface area (Å²) in [5.41, 5.74) is -0.372. The van der Waals surface area contributed by atoms with Crippen molar-refractivity contribution in [1.82, 2.24) is 0 Å². The summed E-state index contributed by atoms with van der Waals surface area (Å²) in [6.07, 6.45) is 1.93. The summed E-state index contributed by atoms with van der Waals surface area (Å²) in [5.74, 6) is -1.46. The van der Waals surface area contributed by atoms with Crippen LogP contribution >= 0.6 is 0 Å². The van der Waals surface area contributed by atoms with E-state index >= 15 is 0 Å². The second-order valence-corrected chi connectivity index (χ2v) is 4.40. The molecule has 104 valence electrons. The van der Waals surface area contributed by atoms with E-state index in [1.165, 1.54) is 20.3 Å². The molecule has 0 unspecified atom stereocenters. The molecule has 5 nitrogen and oxygen atoms in total. The van der Waals surface area contributed by atoms with Gasteiger partial charge in [0.05, 0.1) is 14.2 Å². The van der Waals surface area contributed by atoms with Crippen molar-refractivity contribution in [2.75, 3.05) is 14.2 Å². The van der Waals surface area contributed by atoms with Crippen molar-refractivity contribution in [3.05, 3.63) is 23.8 Å². The second-order valence-electron chi connectivity index (χ2n) is 4.40. The van der Waals surface area contributed by atoms with Gasteiger partial charge in [-0.2, -0.15) is 0 Å². The molecule has 5 heteroatoms. The maximum absolute atomic E-state index is 12.0. The number of hydrogen-bond donors (Lipinski definition) is 0. The van der Waals surface area contributed by atoms with Crippen LogP contribution in [0, 0.1) is 5.41 Å². The standard InChI is InChI=1S/C14H18O5/c1-5-9-7-14(12(16)18-3,13(17)19-4)8-10(9)11(15)6-2/h5H,1,6-8H2,2-4H3. The highest BCUT2D eigenvalue weighted by molar-refractivity contribution is 6.06. The molecule has 1 aliphatic carbocycles. The summed E-state index contributed by atoms with van der Waals surface area (Å²) >= 11 is 0. The van der Waals surface area contributed by atoms with Gasteiger partial charge in [-0.3, -0.25) is 14.4 Å². The van der Waals surface area contributed by atoms with Gasteiger partial charge < -0.3 is 9.47 Å². The smallest absolute Gasteiger partial charge is 0.323 e. The Morgan fingerprint density at radius 2 is 1.74 bits per heavy atom. The lowest BCUT2D eigenvalue weighted by atomic mass is 9.83. The van der Waals surface area contributed by atoms with Crippen LogP contribution < -0.4 is 0 Å². The molecule has 0 radical (unpaired) electrons. The summed E-state index contributed by atoms with van der Waals surface area (Å²) < 4.78 is 9.41. The Labute approximate surface area is 112 Å². The van der Waals surface area contributed by atoms with Crippen LogP contribution in [0.4, 0.5) is 0 Å². The van der Waals surface area contributed by atoms with Crippen molar-refractivity contribution in [2.24, 2.45) is 5.41 Å². The predicted molar refractivity (Wildman–Crippen MR) is 68.2 cm³/mol. The maximum Gasteiger partial charge on any atom is 0.323 e. The van der Waals surface area contributed by atoms with Crippen molar-refractivity contribution < 1.29 is 23.9 Å². The Bertz CT molecular complexity index is 442. The van der Waals surface area contributed by atoms with Gasteiger partial charge in [-0.05, 0) is 12.0 Å². The van der Waals surface area contributed by atoms with E-state index in [1.807, 2.05) is 0 Å². The Morgan fingerprint density at radius 1 is 1.21 bits per heavy atom. The molecule has 0 aliphatic heterocycles. The van der Waals surface area contributed by atoms with Crippen molar-refractivity contribution >= 4 is 17.7 Å². The first-order valence-corrected chi connectivity index (χ1v) is 6.01. The fourth-order valence-electron chi connectivity index (χ4n) is 2.36. The van der Waals surface area contributed by atoms with Crippen LogP contribution in [0.5, 0.6) is 0 Å². The van der Waals surface area contributed by atoms with Gasteiger partial charge in [0.25, 0.3) is 0 Å². The molecule has 0 aromatic carbocycles. The van der Waals surface area contributed by atoms with Gasteiger partial charge in [0.1, 0.15) is 0 Å². The van der Waals surface area contributed by atoms with Gasteiger partial charge in [-0.1, -0.05) is 19.6 Å². The number of ketones is 1. The number of hydrogen-bond acceptors (Lipinski definition) is 5. The molecule has 0 heterocycles. The quantitative estimate of drug-likeness (QED) is 0.558. The van der Waals surface area contributed by atoms with E-state index in [4.69, 9.17) is 9.47 Å². The fourth-order valence-corrected chi connectivity index (χ4v) is 2.36. The molecule has 0 fully saturated rings. The van der Waals surface area contributed by atoms with Crippen molar-refractivity contribution in [2.45, 2.75) is 26.2 Å². The average Bonchev–Trinajstić information content (AvgIpc) is 2.85. The molecule has 0 N–H and O–H groups in total. The Morgan fingerprint density at radius 3 is 2.11 bits per heavy atom. The van der Waals surface area contributed by atoms with E-state index in [2.05, 4.69) is 6.58 Å². The highest BCUT2D eigenvalue weighted by Crippen LogP contribution is 2.45. The van der Waals surface area contributed by atoms with Crippen molar-refractivity contribution in [3.8, 4) is 0 Å². The topological polar surface area (TPSA) is 69.7 Å². The molecule has 0 bridgehead atoms. The lowest BCUT2D eigenvalue weighted by molar-refractivity contribution is -0.168. The zero-order valence-electron chi connectivity index (χ0n) is 11.4. The molecular formula is C14H18O5. The van der Waals surface area contributed by atoms with Crippen LogP contribution in [-0.2, 0) is 23.9 Å². The number of carbonyl (C=O) groups excluding carboxylic acids is 3. The molecule has 0 saturated carbocycles. The molecule has 1 aliphatic rings. The third-order valence-electron chi connectivity index (χ3n) is 3.41. The van der Waals surface area contributed by atoms with Crippen LogP contribution in [0.3, 0.4) is 0 Å². The summed E-state index contributed by atoms with van der Waals surface area (Å²) in [6, 6.07) is 0. The molecule has 0 amide bonds. The van der Waals surface area contributed by atoms with Crippen LogP contribution in [0.15, 0.2) is 23.8 Å². The molecular weight excluding hydrogens is 248 g/mol. The van der Waals surface area contributed by atoms with Gasteiger partial charge in [0, 0.05) is 18.4 Å². The van der Waals surface area contributed by atoms with E-state index in [0.717, 1.165) is 0 Å². The van der Waals surface area contributed by atoms with Crippen LogP contribution in [0.2, 0.25) is 0 Å². The van der Waals surface area contributed by atoms with E-state index in [-0.39, 0.29) is 18.6 Å². The molecule has 0 atom stereocenters. The molecule has 0 spiro atoms. The first-order valence-electron chi connectivity index (χ1n) is 6.01. The fraction of sp³-hybridized carbons (Fsp3) is 0.500. The Hall–Kier alpha value is -1.91. The van der Waals surface area contributed by atoms with E-state index in [0.29, 0.717) is 17.6 Å². The molecule has 1 rings (SSSR count). The number of esters is 2. The number of methoxy groups -OCH3 is 2. The third-order valence-corrected chi connectivity index (χ3v) is 3.41. The number of ether oxygens (including phenoxy) is 2.